The molecule has 1 fully saturated rings. The van der Waals surface area contributed by atoms with Gasteiger partial charge in [-0.2, -0.15) is 0 Å². The van der Waals surface area contributed by atoms with Crippen molar-refractivity contribution in [3.05, 3.63) is 74.7 Å². The zero-order valence-electron chi connectivity index (χ0n) is 14.5. The molecule has 27 heavy (non-hydrogen) atoms. The van der Waals surface area contributed by atoms with Crippen LogP contribution in [0.3, 0.4) is 0 Å². The number of carbonyl (C=O) groups is 1. The van der Waals surface area contributed by atoms with E-state index in [1.54, 1.807) is 0 Å². The van der Waals surface area contributed by atoms with Crippen LogP contribution in [-0.4, -0.2) is 43.3 Å². The third-order valence-corrected chi connectivity index (χ3v) is 6.93. The van der Waals surface area contributed by atoms with Gasteiger partial charge in [-0.3, -0.25) is 0 Å². The number of hydrogen-bond donors (Lipinski definition) is 0. The van der Waals surface area contributed by atoms with Crippen LogP contribution in [0.4, 0.5) is 10.4 Å². The molecule has 0 N–H and O–H groups in total. The molecule has 3 aromatic rings. The number of aromatic nitrogens is 1. The fourth-order valence-electron chi connectivity index (χ4n) is 3.16. The Morgan fingerprint density at radius 2 is 1.70 bits per heavy atom. The SMILES string of the molecule is O=C(c1ccc([N+](=O)[O-])cc1)c1[se]c(N2CCCC2)nc1-c1ccccc1. The van der Waals surface area contributed by atoms with Gasteiger partial charge in [-0.15, -0.1) is 0 Å². The number of rotatable bonds is 5. The van der Waals surface area contributed by atoms with Gasteiger partial charge in [-0.25, -0.2) is 0 Å². The second kappa shape index (κ2) is 7.46. The summed E-state index contributed by atoms with van der Waals surface area (Å²) in [7, 11) is 0. The van der Waals surface area contributed by atoms with Crippen molar-refractivity contribution in [1.82, 2.24) is 4.98 Å². The summed E-state index contributed by atoms with van der Waals surface area (Å²) in [5.74, 6) is -0.0957. The number of hydrogen-bond acceptors (Lipinski definition) is 5. The van der Waals surface area contributed by atoms with Gasteiger partial charge in [0.25, 0.3) is 0 Å². The Morgan fingerprint density at radius 1 is 1.04 bits per heavy atom. The number of anilines is 1. The Hall–Kier alpha value is -2.76. The fourth-order valence-corrected chi connectivity index (χ4v) is 5.48. The molecule has 2 heterocycles. The summed E-state index contributed by atoms with van der Waals surface area (Å²) in [6.45, 7) is 1.98. The maximum atomic E-state index is 13.2. The van der Waals surface area contributed by atoms with Gasteiger partial charge in [0.1, 0.15) is 0 Å². The van der Waals surface area contributed by atoms with Crippen LogP contribution in [0.5, 0.6) is 0 Å². The van der Waals surface area contributed by atoms with Crippen molar-refractivity contribution in [1.29, 1.82) is 0 Å². The summed E-state index contributed by atoms with van der Waals surface area (Å²) in [6.07, 6.45) is 2.31. The van der Waals surface area contributed by atoms with Crippen molar-refractivity contribution < 1.29 is 9.72 Å². The average molecular weight is 426 g/mol. The average Bonchev–Trinajstić information content (AvgIpc) is 3.38. The minimum atomic E-state index is -0.461. The minimum absolute atomic E-state index is 0.0187. The van der Waals surface area contributed by atoms with Gasteiger partial charge in [0.2, 0.25) is 0 Å². The Kier molecular flexibility index (Phi) is 4.88. The monoisotopic (exact) mass is 427 g/mol. The van der Waals surface area contributed by atoms with E-state index < -0.39 is 4.92 Å². The van der Waals surface area contributed by atoms with Gasteiger partial charge in [0, 0.05) is 0 Å². The van der Waals surface area contributed by atoms with E-state index in [9.17, 15) is 14.9 Å². The van der Waals surface area contributed by atoms with Crippen molar-refractivity contribution in [3.8, 4) is 11.3 Å². The quantitative estimate of drug-likeness (QED) is 0.270. The molecule has 2 aromatic carbocycles. The van der Waals surface area contributed by atoms with Crippen LogP contribution in [0.1, 0.15) is 27.6 Å². The molecule has 0 unspecified atom stereocenters. The molecule has 0 radical (unpaired) electrons. The first kappa shape index (κ1) is 17.6. The van der Waals surface area contributed by atoms with E-state index in [1.807, 2.05) is 30.3 Å². The van der Waals surface area contributed by atoms with Crippen molar-refractivity contribution in [2.45, 2.75) is 12.8 Å². The summed E-state index contributed by atoms with van der Waals surface area (Å²) >= 11 is -0.172. The van der Waals surface area contributed by atoms with E-state index in [0.29, 0.717) is 10.0 Å². The summed E-state index contributed by atoms with van der Waals surface area (Å²) < 4.78 is 1.72. The van der Waals surface area contributed by atoms with Crippen molar-refractivity contribution in [2.75, 3.05) is 18.0 Å². The first-order valence-corrected chi connectivity index (χ1v) is 10.4. The predicted molar refractivity (Wildman–Crippen MR) is 105 cm³/mol. The molecule has 7 heteroatoms. The van der Waals surface area contributed by atoms with E-state index in [0.717, 1.165) is 41.9 Å². The Morgan fingerprint density at radius 3 is 2.33 bits per heavy atom. The standard InChI is InChI=1S/C20H17N3O3Se/c24-18(15-8-10-16(11-9-15)23(25)26)19-17(14-6-2-1-3-7-14)21-20(27-19)22-12-4-5-13-22/h1-3,6-11H,4-5,12-13H2. The number of non-ortho nitro benzene ring substituents is 1. The van der Waals surface area contributed by atoms with Gasteiger partial charge in [0.05, 0.1) is 0 Å². The van der Waals surface area contributed by atoms with E-state index in [1.165, 1.54) is 24.3 Å². The van der Waals surface area contributed by atoms with Crippen LogP contribution in [0, 0.1) is 10.1 Å². The predicted octanol–water partition coefficient (Wildman–Crippen LogP) is 3.55. The molecule has 0 atom stereocenters. The second-order valence-electron chi connectivity index (χ2n) is 6.37. The fraction of sp³-hybridized carbons (Fsp3) is 0.200. The zero-order valence-corrected chi connectivity index (χ0v) is 16.2. The van der Waals surface area contributed by atoms with Crippen molar-refractivity contribution in [2.24, 2.45) is 0 Å². The van der Waals surface area contributed by atoms with Crippen LogP contribution >= 0.6 is 0 Å². The van der Waals surface area contributed by atoms with Gasteiger partial charge in [-0.05, 0) is 0 Å². The molecule has 0 saturated carbocycles. The van der Waals surface area contributed by atoms with Gasteiger partial charge in [-0.1, -0.05) is 0 Å². The molecule has 1 saturated heterocycles. The number of nitro benzene ring substituents is 1. The first-order valence-electron chi connectivity index (χ1n) is 8.74. The van der Waals surface area contributed by atoms with Crippen LogP contribution in [0.15, 0.2) is 54.6 Å². The number of nitrogens with zero attached hydrogens (tertiary/aromatic N) is 3. The molecule has 1 aliphatic heterocycles. The third-order valence-electron chi connectivity index (χ3n) is 4.59. The van der Waals surface area contributed by atoms with E-state index in [-0.39, 0.29) is 26.0 Å². The molecule has 1 aromatic heterocycles. The van der Waals surface area contributed by atoms with Gasteiger partial charge in [0.15, 0.2) is 0 Å². The van der Waals surface area contributed by atoms with Crippen LogP contribution in [0.2, 0.25) is 0 Å². The molecule has 0 bridgehead atoms. The number of benzene rings is 2. The molecule has 0 aliphatic carbocycles. The van der Waals surface area contributed by atoms with E-state index in [2.05, 4.69) is 4.90 Å². The molecule has 6 nitrogen and oxygen atoms in total. The normalized spacial score (nSPS) is 13.7. The number of ketones is 1. The second-order valence-corrected chi connectivity index (χ2v) is 8.42. The maximum absolute atomic E-state index is 13.2. The Bertz CT molecular complexity index is 977. The van der Waals surface area contributed by atoms with Gasteiger partial charge < -0.3 is 0 Å². The molecular formula is C20H17N3O3Se. The van der Waals surface area contributed by atoms with Crippen LogP contribution < -0.4 is 4.90 Å². The summed E-state index contributed by atoms with van der Waals surface area (Å²) in [4.78, 5) is 30.7. The van der Waals surface area contributed by atoms with Crippen LogP contribution in [0.25, 0.3) is 11.3 Å². The first-order chi connectivity index (χ1) is 13.1. The van der Waals surface area contributed by atoms with Crippen LogP contribution in [-0.2, 0) is 0 Å². The number of carbonyl (C=O) groups excluding carboxylic acids is 1. The van der Waals surface area contributed by atoms with Crippen molar-refractivity contribution >= 4 is 30.7 Å². The Labute approximate surface area is 162 Å². The van der Waals surface area contributed by atoms with Crippen molar-refractivity contribution in [3.63, 3.8) is 0 Å². The third kappa shape index (κ3) is 3.56. The number of nitro groups is 1. The Balaban J connectivity index is 1.75. The summed E-state index contributed by atoms with van der Waals surface area (Å²) in [5, 5.41) is 10.9. The summed E-state index contributed by atoms with van der Waals surface area (Å²) in [5.41, 5.74) is 2.11. The molecule has 4 rings (SSSR count). The zero-order chi connectivity index (χ0) is 18.8. The van der Waals surface area contributed by atoms with E-state index >= 15 is 0 Å². The molecule has 136 valence electrons. The molecule has 1 aliphatic rings. The van der Waals surface area contributed by atoms with Gasteiger partial charge >= 0.3 is 162 Å². The molecular weight excluding hydrogens is 409 g/mol. The van der Waals surface area contributed by atoms with E-state index in [4.69, 9.17) is 4.98 Å². The summed E-state index contributed by atoms with van der Waals surface area (Å²) in [6, 6.07) is 15.5. The molecule has 0 amide bonds. The topological polar surface area (TPSA) is 76.3 Å². The molecule has 0 spiro atoms.